The summed E-state index contributed by atoms with van der Waals surface area (Å²) < 4.78 is 1.51. The first-order valence-corrected chi connectivity index (χ1v) is 8.06. The van der Waals surface area contributed by atoms with Crippen LogP contribution in [0.3, 0.4) is 0 Å². The maximum absolute atomic E-state index is 12.2. The molecule has 0 bridgehead atoms. The Hall–Kier alpha value is -2.70. The van der Waals surface area contributed by atoms with Gasteiger partial charge in [-0.3, -0.25) is 4.79 Å². The van der Waals surface area contributed by atoms with E-state index in [0.29, 0.717) is 15.7 Å². The molecule has 0 aliphatic heterocycles. The fourth-order valence-corrected chi connectivity index (χ4v) is 2.44. The van der Waals surface area contributed by atoms with Gasteiger partial charge < -0.3 is 5.32 Å². The second-order valence-electron chi connectivity index (χ2n) is 5.25. The van der Waals surface area contributed by atoms with Crippen LogP contribution in [0.2, 0.25) is 10.0 Å². The Labute approximate surface area is 154 Å². The van der Waals surface area contributed by atoms with Gasteiger partial charge in [0.2, 0.25) is 5.91 Å². The van der Waals surface area contributed by atoms with Gasteiger partial charge >= 0.3 is 0 Å². The fraction of sp³-hybridized carbons (Fsp3) is 0.0588. The first-order chi connectivity index (χ1) is 12.0. The standard InChI is InChI=1S/C17H13Cl2N5O/c1-11-2-5-13(24-10-20-22-23-24)9-16(11)21-17(25)7-4-12-3-6-14(18)15(19)8-12/h2-10H,1H3,(H,21,25)/b7-4+. The molecule has 1 N–H and O–H groups in total. The number of benzene rings is 2. The summed E-state index contributed by atoms with van der Waals surface area (Å²) in [5, 5.41) is 14.8. The van der Waals surface area contributed by atoms with Crippen LogP contribution in [0.4, 0.5) is 5.69 Å². The quantitative estimate of drug-likeness (QED) is 0.703. The second kappa shape index (κ2) is 7.46. The van der Waals surface area contributed by atoms with E-state index < -0.39 is 0 Å². The molecule has 0 saturated carbocycles. The van der Waals surface area contributed by atoms with Crippen LogP contribution in [-0.2, 0) is 4.79 Å². The summed E-state index contributed by atoms with van der Waals surface area (Å²) in [7, 11) is 0. The number of amides is 1. The van der Waals surface area contributed by atoms with Crippen LogP contribution in [0.1, 0.15) is 11.1 Å². The summed E-state index contributed by atoms with van der Waals surface area (Å²) in [6, 6.07) is 10.7. The molecule has 2 aromatic carbocycles. The van der Waals surface area contributed by atoms with E-state index in [1.165, 1.54) is 17.1 Å². The van der Waals surface area contributed by atoms with E-state index in [-0.39, 0.29) is 5.91 Å². The highest BCUT2D eigenvalue weighted by Crippen LogP contribution is 2.23. The Morgan fingerprint density at radius 3 is 2.72 bits per heavy atom. The number of rotatable bonds is 4. The van der Waals surface area contributed by atoms with Crippen LogP contribution in [0, 0.1) is 6.92 Å². The maximum Gasteiger partial charge on any atom is 0.248 e. The lowest BCUT2D eigenvalue weighted by molar-refractivity contribution is -0.111. The summed E-state index contributed by atoms with van der Waals surface area (Å²) in [6.07, 6.45) is 4.58. The van der Waals surface area contributed by atoms with Crippen LogP contribution in [0.5, 0.6) is 0 Å². The van der Waals surface area contributed by atoms with E-state index >= 15 is 0 Å². The molecular weight excluding hydrogens is 361 g/mol. The summed E-state index contributed by atoms with van der Waals surface area (Å²) >= 11 is 11.8. The molecule has 6 nitrogen and oxygen atoms in total. The van der Waals surface area contributed by atoms with Crippen LogP contribution in [0.25, 0.3) is 11.8 Å². The van der Waals surface area contributed by atoms with Crippen molar-refractivity contribution in [2.75, 3.05) is 5.32 Å². The lowest BCUT2D eigenvalue weighted by atomic mass is 10.1. The summed E-state index contributed by atoms with van der Waals surface area (Å²) in [5.74, 6) is -0.261. The van der Waals surface area contributed by atoms with Gasteiger partial charge in [-0.2, -0.15) is 0 Å². The fourth-order valence-electron chi connectivity index (χ4n) is 2.13. The molecule has 3 aromatic rings. The number of aromatic nitrogens is 4. The van der Waals surface area contributed by atoms with Crippen molar-refractivity contribution in [2.45, 2.75) is 6.92 Å². The Kier molecular flexibility index (Phi) is 5.11. The number of anilines is 1. The monoisotopic (exact) mass is 373 g/mol. The van der Waals surface area contributed by atoms with Gasteiger partial charge in [-0.15, -0.1) is 5.10 Å². The highest BCUT2D eigenvalue weighted by Gasteiger charge is 2.06. The van der Waals surface area contributed by atoms with Gasteiger partial charge in [0, 0.05) is 11.8 Å². The molecule has 1 heterocycles. The van der Waals surface area contributed by atoms with E-state index in [1.807, 2.05) is 19.1 Å². The Balaban J connectivity index is 1.75. The number of halogens is 2. The van der Waals surface area contributed by atoms with Crippen molar-refractivity contribution >= 4 is 40.9 Å². The third-order valence-electron chi connectivity index (χ3n) is 3.46. The predicted molar refractivity (Wildman–Crippen MR) is 98.0 cm³/mol. The van der Waals surface area contributed by atoms with E-state index in [2.05, 4.69) is 20.8 Å². The van der Waals surface area contributed by atoms with Gasteiger partial charge in [-0.25, -0.2) is 4.68 Å². The first kappa shape index (κ1) is 17.1. The molecule has 0 aliphatic carbocycles. The van der Waals surface area contributed by atoms with E-state index in [4.69, 9.17) is 23.2 Å². The second-order valence-corrected chi connectivity index (χ2v) is 6.06. The van der Waals surface area contributed by atoms with E-state index in [0.717, 1.165) is 16.8 Å². The molecule has 0 spiro atoms. The lowest BCUT2D eigenvalue weighted by Crippen LogP contribution is -2.09. The molecule has 1 amide bonds. The van der Waals surface area contributed by atoms with E-state index in [9.17, 15) is 4.79 Å². The molecule has 3 rings (SSSR count). The predicted octanol–water partition coefficient (Wildman–Crippen LogP) is 3.93. The van der Waals surface area contributed by atoms with Gasteiger partial charge in [0.05, 0.1) is 15.7 Å². The Morgan fingerprint density at radius 1 is 1.16 bits per heavy atom. The number of carbonyl (C=O) groups excluding carboxylic acids is 1. The SMILES string of the molecule is Cc1ccc(-n2cnnn2)cc1NC(=O)/C=C/c1ccc(Cl)c(Cl)c1. The number of nitrogens with zero attached hydrogens (tertiary/aromatic N) is 4. The average Bonchev–Trinajstić information content (AvgIpc) is 3.12. The number of hydrogen-bond donors (Lipinski definition) is 1. The largest absolute Gasteiger partial charge is 0.322 e. The van der Waals surface area contributed by atoms with Gasteiger partial charge in [-0.05, 0) is 58.8 Å². The third kappa shape index (κ3) is 4.23. The number of tetrazole rings is 1. The van der Waals surface area contributed by atoms with Gasteiger partial charge in [0.15, 0.2) is 0 Å². The molecule has 25 heavy (non-hydrogen) atoms. The number of nitrogens with one attached hydrogen (secondary N) is 1. The van der Waals surface area contributed by atoms with Crippen LogP contribution in [-0.4, -0.2) is 26.1 Å². The van der Waals surface area contributed by atoms with Gasteiger partial charge in [-0.1, -0.05) is 35.3 Å². The van der Waals surface area contributed by atoms with Crippen molar-refractivity contribution in [3.8, 4) is 5.69 Å². The zero-order valence-electron chi connectivity index (χ0n) is 13.1. The molecule has 0 atom stereocenters. The highest BCUT2D eigenvalue weighted by atomic mass is 35.5. The number of carbonyl (C=O) groups is 1. The molecule has 8 heteroatoms. The Bertz CT molecular complexity index is 938. The van der Waals surface area contributed by atoms with Crippen molar-refractivity contribution in [2.24, 2.45) is 0 Å². The lowest BCUT2D eigenvalue weighted by Gasteiger charge is -2.09. The van der Waals surface area contributed by atoms with E-state index in [1.54, 1.807) is 30.3 Å². The topological polar surface area (TPSA) is 72.7 Å². The molecule has 1 aromatic heterocycles. The molecule has 0 saturated heterocycles. The normalized spacial score (nSPS) is 11.0. The zero-order chi connectivity index (χ0) is 17.8. The van der Waals surface area contributed by atoms with Crippen molar-refractivity contribution in [1.29, 1.82) is 0 Å². The molecule has 0 unspecified atom stereocenters. The number of aryl methyl sites for hydroxylation is 1. The molecule has 0 radical (unpaired) electrons. The Morgan fingerprint density at radius 2 is 2.00 bits per heavy atom. The third-order valence-corrected chi connectivity index (χ3v) is 4.20. The molecule has 126 valence electrons. The summed E-state index contributed by atoms with van der Waals surface area (Å²) in [6.45, 7) is 1.90. The molecular formula is C17H13Cl2N5O. The molecule has 0 aliphatic rings. The smallest absolute Gasteiger partial charge is 0.248 e. The van der Waals surface area contributed by atoms with Gasteiger partial charge in [0.25, 0.3) is 0 Å². The summed E-state index contributed by atoms with van der Waals surface area (Å²) in [5.41, 5.74) is 3.13. The highest BCUT2D eigenvalue weighted by molar-refractivity contribution is 6.42. The van der Waals surface area contributed by atoms with Crippen LogP contribution < -0.4 is 5.32 Å². The van der Waals surface area contributed by atoms with Crippen molar-refractivity contribution < 1.29 is 4.79 Å². The zero-order valence-corrected chi connectivity index (χ0v) is 14.7. The number of hydrogen-bond acceptors (Lipinski definition) is 4. The van der Waals surface area contributed by atoms with Crippen LogP contribution in [0.15, 0.2) is 48.8 Å². The van der Waals surface area contributed by atoms with Crippen molar-refractivity contribution in [3.05, 3.63) is 70.0 Å². The minimum atomic E-state index is -0.261. The molecule has 0 fully saturated rings. The minimum Gasteiger partial charge on any atom is -0.322 e. The van der Waals surface area contributed by atoms with Crippen molar-refractivity contribution in [1.82, 2.24) is 20.2 Å². The van der Waals surface area contributed by atoms with Crippen LogP contribution >= 0.6 is 23.2 Å². The first-order valence-electron chi connectivity index (χ1n) is 7.31. The minimum absolute atomic E-state index is 0.261. The average molecular weight is 374 g/mol. The maximum atomic E-state index is 12.2. The van der Waals surface area contributed by atoms with Gasteiger partial charge in [0.1, 0.15) is 6.33 Å². The van der Waals surface area contributed by atoms with Crippen molar-refractivity contribution in [3.63, 3.8) is 0 Å². The summed E-state index contributed by atoms with van der Waals surface area (Å²) in [4.78, 5) is 12.2.